The Hall–Kier alpha value is -2.82. The standard InChI is InChI=1S/C21H24N2O3/c1-14-7-10-17(13-15(14)2)26-12-11-20(24)23-19-6-4-3-5-18(19)21(25)22-16-8-9-16/h3-7,10,13,16H,8-9,11-12H2,1-2H3,(H,22,25)(H,23,24). The van der Waals surface area contributed by atoms with Crippen LogP contribution >= 0.6 is 0 Å². The van der Waals surface area contributed by atoms with Crippen molar-refractivity contribution in [2.45, 2.75) is 39.2 Å². The van der Waals surface area contributed by atoms with Crippen LogP contribution in [0.1, 0.15) is 40.7 Å². The predicted octanol–water partition coefficient (Wildman–Crippen LogP) is 3.60. The van der Waals surface area contributed by atoms with Crippen LogP contribution in [0.4, 0.5) is 5.69 Å². The van der Waals surface area contributed by atoms with Gasteiger partial charge in [0.1, 0.15) is 5.75 Å². The summed E-state index contributed by atoms with van der Waals surface area (Å²) in [5.41, 5.74) is 3.38. The van der Waals surface area contributed by atoms with E-state index in [0.717, 1.165) is 24.2 Å². The van der Waals surface area contributed by atoms with E-state index in [1.165, 1.54) is 5.56 Å². The average molecular weight is 352 g/mol. The molecular weight excluding hydrogens is 328 g/mol. The maximum absolute atomic E-state index is 12.3. The Morgan fingerprint density at radius 2 is 1.85 bits per heavy atom. The number of hydrogen-bond donors (Lipinski definition) is 2. The molecule has 3 rings (SSSR count). The lowest BCUT2D eigenvalue weighted by atomic mass is 10.1. The van der Waals surface area contributed by atoms with Gasteiger partial charge in [0.05, 0.1) is 24.3 Å². The molecule has 2 aromatic rings. The van der Waals surface area contributed by atoms with Crippen LogP contribution in [0.5, 0.6) is 5.75 Å². The van der Waals surface area contributed by atoms with E-state index in [1.807, 2.05) is 32.0 Å². The van der Waals surface area contributed by atoms with Gasteiger partial charge >= 0.3 is 0 Å². The molecule has 0 atom stereocenters. The molecule has 2 N–H and O–H groups in total. The van der Waals surface area contributed by atoms with Crippen LogP contribution in [0.2, 0.25) is 0 Å². The zero-order valence-electron chi connectivity index (χ0n) is 15.2. The summed E-state index contributed by atoms with van der Waals surface area (Å²) < 4.78 is 5.65. The normalized spacial score (nSPS) is 13.2. The van der Waals surface area contributed by atoms with Gasteiger partial charge in [0, 0.05) is 6.04 Å². The summed E-state index contributed by atoms with van der Waals surface area (Å²) in [6, 6.07) is 13.2. The summed E-state index contributed by atoms with van der Waals surface area (Å²) >= 11 is 0. The molecule has 2 aromatic carbocycles. The quantitative estimate of drug-likeness (QED) is 0.800. The lowest BCUT2D eigenvalue weighted by Gasteiger charge is -2.12. The Kier molecular flexibility index (Phi) is 5.56. The zero-order chi connectivity index (χ0) is 18.5. The highest BCUT2D eigenvalue weighted by atomic mass is 16.5. The predicted molar refractivity (Wildman–Crippen MR) is 102 cm³/mol. The molecule has 0 spiro atoms. The number of para-hydroxylation sites is 1. The van der Waals surface area contributed by atoms with Crippen LogP contribution in [-0.2, 0) is 4.79 Å². The van der Waals surface area contributed by atoms with Gasteiger partial charge in [0.2, 0.25) is 5.91 Å². The van der Waals surface area contributed by atoms with Crippen molar-refractivity contribution in [2.75, 3.05) is 11.9 Å². The van der Waals surface area contributed by atoms with E-state index in [2.05, 4.69) is 10.6 Å². The van der Waals surface area contributed by atoms with E-state index >= 15 is 0 Å². The van der Waals surface area contributed by atoms with E-state index in [1.54, 1.807) is 24.3 Å². The molecule has 0 aromatic heterocycles. The Labute approximate surface area is 153 Å². The Morgan fingerprint density at radius 3 is 2.58 bits per heavy atom. The molecule has 0 unspecified atom stereocenters. The lowest BCUT2D eigenvalue weighted by molar-refractivity contribution is -0.116. The van der Waals surface area contributed by atoms with Crippen molar-refractivity contribution in [3.8, 4) is 5.75 Å². The van der Waals surface area contributed by atoms with Crippen molar-refractivity contribution >= 4 is 17.5 Å². The summed E-state index contributed by atoms with van der Waals surface area (Å²) in [4.78, 5) is 24.5. The highest BCUT2D eigenvalue weighted by molar-refractivity contribution is 6.03. The minimum absolute atomic E-state index is 0.144. The van der Waals surface area contributed by atoms with Crippen LogP contribution in [0.3, 0.4) is 0 Å². The number of benzene rings is 2. The minimum atomic E-state index is -0.180. The third-order valence-electron chi connectivity index (χ3n) is 4.43. The molecule has 0 bridgehead atoms. The molecule has 5 heteroatoms. The van der Waals surface area contributed by atoms with Gasteiger partial charge in [-0.2, -0.15) is 0 Å². The van der Waals surface area contributed by atoms with Crippen LogP contribution < -0.4 is 15.4 Å². The smallest absolute Gasteiger partial charge is 0.253 e. The van der Waals surface area contributed by atoms with Gasteiger partial charge in [-0.25, -0.2) is 0 Å². The van der Waals surface area contributed by atoms with Gasteiger partial charge in [-0.1, -0.05) is 18.2 Å². The van der Waals surface area contributed by atoms with Crippen molar-refractivity contribution < 1.29 is 14.3 Å². The third kappa shape index (κ3) is 4.85. The molecule has 5 nitrogen and oxygen atoms in total. The third-order valence-corrected chi connectivity index (χ3v) is 4.43. The number of hydrogen-bond acceptors (Lipinski definition) is 3. The van der Waals surface area contributed by atoms with Gasteiger partial charge in [-0.05, 0) is 62.1 Å². The van der Waals surface area contributed by atoms with Crippen LogP contribution in [0.15, 0.2) is 42.5 Å². The summed E-state index contributed by atoms with van der Waals surface area (Å²) in [5, 5.41) is 5.76. The number of anilines is 1. The highest BCUT2D eigenvalue weighted by Crippen LogP contribution is 2.22. The first-order valence-electron chi connectivity index (χ1n) is 8.93. The summed E-state index contributed by atoms with van der Waals surface area (Å²) in [6.45, 7) is 4.35. The molecule has 0 saturated heterocycles. The number of amides is 2. The number of rotatable bonds is 7. The van der Waals surface area contributed by atoms with Gasteiger partial charge < -0.3 is 15.4 Å². The Bertz CT molecular complexity index is 813. The number of ether oxygens (including phenoxy) is 1. The second-order valence-corrected chi connectivity index (χ2v) is 6.69. The molecule has 2 amide bonds. The summed E-state index contributed by atoms with van der Waals surface area (Å²) in [5.74, 6) is 0.431. The second-order valence-electron chi connectivity index (χ2n) is 6.69. The topological polar surface area (TPSA) is 67.4 Å². The molecule has 0 heterocycles. The second kappa shape index (κ2) is 8.04. The van der Waals surface area contributed by atoms with Crippen molar-refractivity contribution in [1.29, 1.82) is 0 Å². The zero-order valence-corrected chi connectivity index (χ0v) is 15.2. The molecule has 1 aliphatic rings. The van der Waals surface area contributed by atoms with Crippen LogP contribution in [-0.4, -0.2) is 24.5 Å². The number of aryl methyl sites for hydroxylation is 2. The number of carbonyl (C=O) groups is 2. The first kappa shape index (κ1) is 18.0. The minimum Gasteiger partial charge on any atom is -0.493 e. The van der Waals surface area contributed by atoms with Crippen molar-refractivity contribution in [3.05, 3.63) is 59.2 Å². The number of carbonyl (C=O) groups excluding carboxylic acids is 2. The molecular formula is C21H24N2O3. The van der Waals surface area contributed by atoms with E-state index in [0.29, 0.717) is 11.3 Å². The fourth-order valence-corrected chi connectivity index (χ4v) is 2.56. The van der Waals surface area contributed by atoms with Crippen molar-refractivity contribution in [3.63, 3.8) is 0 Å². The van der Waals surface area contributed by atoms with Crippen LogP contribution in [0, 0.1) is 13.8 Å². The van der Waals surface area contributed by atoms with E-state index in [4.69, 9.17) is 4.74 Å². The fraction of sp³-hybridized carbons (Fsp3) is 0.333. The van der Waals surface area contributed by atoms with Gasteiger partial charge in [-0.15, -0.1) is 0 Å². The SMILES string of the molecule is Cc1ccc(OCCC(=O)Nc2ccccc2C(=O)NC2CC2)cc1C. The van der Waals surface area contributed by atoms with Crippen molar-refractivity contribution in [1.82, 2.24) is 5.32 Å². The monoisotopic (exact) mass is 352 g/mol. The lowest BCUT2D eigenvalue weighted by Crippen LogP contribution is -2.27. The maximum Gasteiger partial charge on any atom is 0.253 e. The average Bonchev–Trinajstić information content (AvgIpc) is 3.42. The maximum atomic E-state index is 12.3. The molecule has 1 aliphatic carbocycles. The number of nitrogens with one attached hydrogen (secondary N) is 2. The summed E-state index contributed by atoms with van der Waals surface area (Å²) in [6.07, 6.45) is 2.26. The first-order chi connectivity index (χ1) is 12.5. The van der Waals surface area contributed by atoms with Gasteiger partial charge in [0.15, 0.2) is 0 Å². The molecule has 0 radical (unpaired) electrons. The molecule has 26 heavy (non-hydrogen) atoms. The van der Waals surface area contributed by atoms with Crippen LogP contribution in [0.25, 0.3) is 0 Å². The van der Waals surface area contributed by atoms with Gasteiger partial charge in [0.25, 0.3) is 5.91 Å². The summed E-state index contributed by atoms with van der Waals surface area (Å²) in [7, 11) is 0. The Balaban J connectivity index is 1.53. The van der Waals surface area contributed by atoms with Gasteiger partial charge in [-0.3, -0.25) is 9.59 Å². The fourth-order valence-electron chi connectivity index (χ4n) is 2.56. The van der Waals surface area contributed by atoms with E-state index in [-0.39, 0.29) is 30.9 Å². The van der Waals surface area contributed by atoms with Crippen molar-refractivity contribution in [2.24, 2.45) is 0 Å². The largest absolute Gasteiger partial charge is 0.493 e. The first-order valence-corrected chi connectivity index (χ1v) is 8.93. The molecule has 136 valence electrons. The van der Waals surface area contributed by atoms with E-state index in [9.17, 15) is 9.59 Å². The molecule has 0 aliphatic heterocycles. The Morgan fingerprint density at radius 1 is 1.08 bits per heavy atom. The van der Waals surface area contributed by atoms with E-state index < -0.39 is 0 Å². The molecule has 1 saturated carbocycles. The molecule has 1 fully saturated rings. The highest BCUT2D eigenvalue weighted by Gasteiger charge is 2.24.